The molecule has 5 heterocycles. The van der Waals surface area contributed by atoms with Crippen LogP contribution in [0.3, 0.4) is 0 Å². The van der Waals surface area contributed by atoms with Crippen LogP contribution >= 0.6 is 11.3 Å². The smallest absolute Gasteiger partial charge is 0.228 e. The maximum atomic E-state index is 12.7. The van der Waals surface area contributed by atoms with Crippen molar-refractivity contribution in [2.75, 3.05) is 29.1 Å². The van der Waals surface area contributed by atoms with E-state index in [1.54, 1.807) is 17.5 Å². The molecule has 1 aliphatic carbocycles. The molecule has 6 rings (SSSR count). The summed E-state index contributed by atoms with van der Waals surface area (Å²) in [5.41, 5.74) is 2.51. The number of nitrogens with zero attached hydrogens (tertiary/aromatic N) is 6. The van der Waals surface area contributed by atoms with E-state index in [1.165, 1.54) is 0 Å². The molecule has 182 valence electrons. The monoisotopic (exact) mass is 509 g/mol. The first-order valence-electron chi connectivity index (χ1n) is 11.9. The molecule has 35 heavy (non-hydrogen) atoms. The van der Waals surface area contributed by atoms with Gasteiger partial charge in [0.05, 0.1) is 28.6 Å². The van der Waals surface area contributed by atoms with Crippen LogP contribution in [0, 0.1) is 0 Å². The Kier molecular flexibility index (Phi) is 5.85. The summed E-state index contributed by atoms with van der Waals surface area (Å²) in [6.07, 6.45) is 11.9. The van der Waals surface area contributed by atoms with Gasteiger partial charge < -0.3 is 15.3 Å². The lowest BCUT2D eigenvalue weighted by Crippen LogP contribution is -2.49. The number of thiazole rings is 1. The van der Waals surface area contributed by atoms with Crippen LogP contribution in [0.4, 0.5) is 11.8 Å². The number of hydrogen-bond donors (Lipinski definition) is 2. The largest absolute Gasteiger partial charge is 0.394 e. The van der Waals surface area contributed by atoms with Gasteiger partial charge in [0, 0.05) is 54.3 Å². The number of aliphatic hydroxyl groups is 1. The summed E-state index contributed by atoms with van der Waals surface area (Å²) in [6, 6.07) is 0.144. The molecule has 1 saturated carbocycles. The van der Waals surface area contributed by atoms with Gasteiger partial charge in [0.25, 0.3) is 0 Å². The topological polar surface area (TPSA) is 117 Å². The first kappa shape index (κ1) is 22.7. The average molecular weight is 510 g/mol. The summed E-state index contributed by atoms with van der Waals surface area (Å²) in [5, 5.41) is 16.3. The molecular weight excluding hydrogens is 482 g/mol. The number of fused-ring (bicyclic) bond motifs is 1. The Balaban J connectivity index is 1.26. The Labute approximate surface area is 210 Å². The number of aliphatic hydroxyl groups excluding tert-OH is 1. The summed E-state index contributed by atoms with van der Waals surface area (Å²) < 4.78 is 12.7. The van der Waals surface area contributed by atoms with Gasteiger partial charge in [-0.05, 0) is 38.2 Å². The van der Waals surface area contributed by atoms with E-state index in [9.17, 15) is 9.32 Å². The fourth-order valence-electron chi connectivity index (χ4n) is 4.91. The molecule has 3 aliphatic rings. The van der Waals surface area contributed by atoms with Crippen LogP contribution in [0.2, 0.25) is 0 Å². The molecule has 2 atom stereocenters. The summed E-state index contributed by atoms with van der Waals surface area (Å²) in [4.78, 5) is 26.1. The summed E-state index contributed by atoms with van der Waals surface area (Å²) in [5.74, 6) is 2.57. The Bertz CT molecular complexity index is 1280. The number of nitrogens with one attached hydrogen (secondary N) is 1. The molecule has 2 N–H and O–H groups in total. The van der Waals surface area contributed by atoms with Crippen LogP contribution in [0.25, 0.3) is 16.1 Å². The minimum Gasteiger partial charge on any atom is -0.394 e. The SMILES string of the molecule is C[C@H]1CC(c2ncc(-c3nccs3)cn2)=CCN1c1nc2c(c(NC3(CO)CCC3)n1)[S@](=O)CC2. The quantitative estimate of drug-likeness (QED) is 0.517. The highest BCUT2D eigenvalue weighted by atomic mass is 32.2. The van der Waals surface area contributed by atoms with Crippen LogP contribution in [0.5, 0.6) is 0 Å². The van der Waals surface area contributed by atoms with E-state index in [0.29, 0.717) is 35.4 Å². The molecule has 0 spiro atoms. The standard InChI is InChI=1S/C24H27N7O2S2/c1-15-11-16(20-26-12-17(13-27-20)22-25-7-9-34-22)3-8-31(15)23-28-18-4-10-35(33)19(18)21(29-23)30-24(14-32)5-2-6-24/h3,7,9,12-13,15,32H,2,4-6,8,10-11,14H2,1H3,(H,28,29,30)/t15-,35+/m0/s1. The molecule has 1 fully saturated rings. The third kappa shape index (κ3) is 4.15. The van der Waals surface area contributed by atoms with Crippen LogP contribution in [-0.2, 0) is 17.2 Å². The van der Waals surface area contributed by atoms with Gasteiger partial charge in [0.15, 0.2) is 5.82 Å². The maximum absolute atomic E-state index is 12.7. The van der Waals surface area contributed by atoms with E-state index < -0.39 is 10.8 Å². The highest BCUT2D eigenvalue weighted by molar-refractivity contribution is 7.85. The van der Waals surface area contributed by atoms with Crippen LogP contribution in [0.1, 0.15) is 44.1 Å². The van der Waals surface area contributed by atoms with Crippen molar-refractivity contribution in [2.24, 2.45) is 0 Å². The van der Waals surface area contributed by atoms with Gasteiger partial charge in [-0.1, -0.05) is 6.08 Å². The zero-order chi connectivity index (χ0) is 24.0. The lowest BCUT2D eigenvalue weighted by atomic mass is 9.77. The van der Waals surface area contributed by atoms with Crippen molar-refractivity contribution in [3.63, 3.8) is 0 Å². The lowest BCUT2D eigenvalue weighted by molar-refractivity contribution is 0.143. The molecule has 0 radical (unpaired) electrons. The summed E-state index contributed by atoms with van der Waals surface area (Å²) >= 11 is 1.57. The summed E-state index contributed by atoms with van der Waals surface area (Å²) in [7, 11) is -1.11. The predicted octanol–water partition coefficient (Wildman–Crippen LogP) is 3.06. The van der Waals surface area contributed by atoms with E-state index in [-0.39, 0.29) is 18.2 Å². The third-order valence-electron chi connectivity index (χ3n) is 7.13. The molecular formula is C24H27N7O2S2. The second-order valence-corrected chi connectivity index (χ2v) is 11.8. The third-order valence-corrected chi connectivity index (χ3v) is 9.41. The van der Waals surface area contributed by atoms with Crippen molar-refractivity contribution in [2.45, 2.75) is 55.5 Å². The van der Waals surface area contributed by atoms with Crippen LogP contribution in [0.15, 0.2) is 34.9 Å². The van der Waals surface area contributed by atoms with Gasteiger partial charge in [-0.15, -0.1) is 11.3 Å². The normalized spacial score (nSPS) is 22.9. The van der Waals surface area contributed by atoms with Crippen LogP contribution in [-0.4, -0.2) is 64.7 Å². The molecule has 11 heteroatoms. The van der Waals surface area contributed by atoms with Crippen molar-refractivity contribution in [3.05, 3.63) is 41.6 Å². The molecule has 3 aromatic heterocycles. The minimum absolute atomic E-state index is 0.0430. The average Bonchev–Trinajstić information content (AvgIpc) is 3.52. The number of aryl methyl sites for hydroxylation is 1. The van der Waals surface area contributed by atoms with Gasteiger partial charge in [0.1, 0.15) is 15.7 Å². The van der Waals surface area contributed by atoms with Gasteiger partial charge in [0.2, 0.25) is 5.95 Å². The first-order chi connectivity index (χ1) is 17.0. The Morgan fingerprint density at radius 3 is 2.74 bits per heavy atom. The molecule has 2 aliphatic heterocycles. The van der Waals surface area contributed by atoms with E-state index in [4.69, 9.17) is 9.97 Å². The fourth-order valence-corrected chi connectivity index (χ4v) is 6.83. The zero-order valence-electron chi connectivity index (χ0n) is 19.5. The van der Waals surface area contributed by atoms with Gasteiger partial charge in [-0.25, -0.2) is 19.9 Å². The lowest BCUT2D eigenvalue weighted by Gasteiger charge is -2.42. The van der Waals surface area contributed by atoms with Gasteiger partial charge in [-0.3, -0.25) is 4.21 Å². The number of hydrogen-bond acceptors (Lipinski definition) is 10. The predicted molar refractivity (Wildman–Crippen MR) is 137 cm³/mol. The number of aromatic nitrogens is 5. The zero-order valence-corrected chi connectivity index (χ0v) is 21.1. The molecule has 0 aromatic carbocycles. The second kappa shape index (κ2) is 9.03. The highest BCUT2D eigenvalue weighted by Gasteiger charge is 2.39. The van der Waals surface area contributed by atoms with E-state index in [0.717, 1.165) is 53.3 Å². The Morgan fingerprint density at radius 2 is 2.09 bits per heavy atom. The van der Waals surface area contributed by atoms with Crippen molar-refractivity contribution in [3.8, 4) is 10.6 Å². The van der Waals surface area contributed by atoms with Crippen molar-refractivity contribution in [1.29, 1.82) is 0 Å². The minimum atomic E-state index is -1.11. The number of anilines is 2. The van der Waals surface area contributed by atoms with Gasteiger partial charge in [-0.2, -0.15) is 4.98 Å². The Morgan fingerprint density at radius 1 is 1.26 bits per heavy atom. The highest BCUT2D eigenvalue weighted by Crippen LogP contribution is 2.39. The number of rotatable bonds is 6. The van der Waals surface area contributed by atoms with Crippen molar-refractivity contribution < 1.29 is 9.32 Å². The molecule has 3 aromatic rings. The second-order valence-electron chi connectivity index (χ2n) is 9.43. The van der Waals surface area contributed by atoms with Gasteiger partial charge >= 0.3 is 0 Å². The molecule has 0 bridgehead atoms. The maximum Gasteiger partial charge on any atom is 0.228 e. The Hall–Kier alpha value is -2.76. The molecule has 0 unspecified atom stereocenters. The van der Waals surface area contributed by atoms with E-state index in [1.807, 2.05) is 17.8 Å². The summed E-state index contributed by atoms with van der Waals surface area (Å²) in [6.45, 7) is 2.84. The van der Waals surface area contributed by atoms with Crippen molar-refractivity contribution in [1.82, 2.24) is 24.9 Å². The molecule has 0 saturated heterocycles. The van der Waals surface area contributed by atoms with E-state index >= 15 is 0 Å². The molecule has 9 nitrogen and oxygen atoms in total. The van der Waals surface area contributed by atoms with Crippen molar-refractivity contribution >= 4 is 39.5 Å². The molecule has 0 amide bonds. The fraction of sp³-hybridized carbons (Fsp3) is 0.458. The van der Waals surface area contributed by atoms with Crippen LogP contribution < -0.4 is 10.2 Å². The first-order valence-corrected chi connectivity index (χ1v) is 14.1. The van der Waals surface area contributed by atoms with E-state index in [2.05, 4.69) is 38.2 Å².